The van der Waals surface area contributed by atoms with Crippen molar-refractivity contribution in [2.75, 3.05) is 7.11 Å². The molecular weight excluding hydrogens is 333 g/mol. The number of ether oxygens (including phenoxy) is 1. The zero-order valence-electron chi connectivity index (χ0n) is 14.4. The fourth-order valence-electron chi connectivity index (χ4n) is 3.21. The number of allylic oxidation sites excluding steroid dienone is 3. The Bertz CT molecular complexity index is 716. The lowest BCUT2D eigenvalue weighted by Gasteiger charge is -2.32. The molecule has 2 unspecified atom stereocenters. The van der Waals surface area contributed by atoms with Gasteiger partial charge >= 0.3 is 5.97 Å². The maximum Gasteiger partial charge on any atom is 0.310 e. The number of benzene rings is 1. The maximum atomic E-state index is 14.6. The van der Waals surface area contributed by atoms with Crippen LogP contribution in [0.15, 0.2) is 30.1 Å². The molecule has 0 aromatic heterocycles. The van der Waals surface area contributed by atoms with Gasteiger partial charge in [0.05, 0.1) is 18.1 Å². The minimum atomic E-state index is -1.09. The van der Waals surface area contributed by atoms with Crippen LogP contribution in [0.1, 0.15) is 37.8 Å². The predicted octanol–water partition coefficient (Wildman–Crippen LogP) is 4.87. The summed E-state index contributed by atoms with van der Waals surface area (Å²) in [6.45, 7) is 3.49. The molecule has 0 spiro atoms. The largest absolute Gasteiger partial charge is 0.481 e. The molecule has 1 aromatic carbocycles. The lowest BCUT2D eigenvalue weighted by molar-refractivity contribution is -0.143. The van der Waals surface area contributed by atoms with Crippen LogP contribution in [0.4, 0.5) is 13.2 Å². The first kappa shape index (κ1) is 19.2. The van der Waals surface area contributed by atoms with Crippen LogP contribution in [0, 0.1) is 23.0 Å². The van der Waals surface area contributed by atoms with Gasteiger partial charge in [0.25, 0.3) is 0 Å². The second kappa shape index (κ2) is 7.44. The molecule has 1 aliphatic carbocycles. The highest BCUT2D eigenvalue weighted by molar-refractivity contribution is 5.77. The van der Waals surface area contributed by atoms with E-state index in [1.165, 1.54) is 13.2 Å². The van der Waals surface area contributed by atoms with Gasteiger partial charge in [-0.05, 0) is 42.0 Å². The highest BCUT2D eigenvalue weighted by Crippen LogP contribution is 2.46. The summed E-state index contributed by atoms with van der Waals surface area (Å²) in [6.07, 6.45) is 2.58. The van der Waals surface area contributed by atoms with Gasteiger partial charge in [-0.1, -0.05) is 19.9 Å². The van der Waals surface area contributed by atoms with Crippen LogP contribution in [0.5, 0.6) is 0 Å². The fraction of sp³-hybridized carbons (Fsp3) is 0.421. The molecule has 136 valence electrons. The van der Waals surface area contributed by atoms with E-state index in [9.17, 15) is 23.1 Å². The Balaban J connectivity index is 2.56. The van der Waals surface area contributed by atoms with Crippen molar-refractivity contribution in [2.45, 2.75) is 33.3 Å². The Labute approximate surface area is 144 Å². The maximum absolute atomic E-state index is 14.6. The van der Waals surface area contributed by atoms with Crippen molar-refractivity contribution < 1.29 is 27.8 Å². The third-order valence-corrected chi connectivity index (χ3v) is 4.84. The Morgan fingerprint density at radius 3 is 2.40 bits per heavy atom. The van der Waals surface area contributed by atoms with Gasteiger partial charge < -0.3 is 9.84 Å². The van der Waals surface area contributed by atoms with Crippen molar-refractivity contribution in [3.05, 3.63) is 52.9 Å². The van der Waals surface area contributed by atoms with Crippen LogP contribution in [0.25, 0.3) is 5.57 Å². The van der Waals surface area contributed by atoms with Crippen LogP contribution < -0.4 is 0 Å². The Morgan fingerprint density at radius 1 is 1.32 bits per heavy atom. The minimum Gasteiger partial charge on any atom is -0.481 e. The van der Waals surface area contributed by atoms with Gasteiger partial charge in [-0.25, -0.2) is 13.2 Å². The Hall–Kier alpha value is -2.08. The standard InChI is InChI=1S/C19H21F3O3/c1-4-19(2)9-12(14(20)6-5-13(19)18(23)24)17-15(21)7-11(10-25-3)8-16(17)22/h5-8,13H,4,9-10H2,1-3H3,(H,23,24). The summed E-state index contributed by atoms with van der Waals surface area (Å²) < 4.78 is 48.4. The lowest BCUT2D eigenvalue weighted by atomic mass is 9.70. The molecule has 25 heavy (non-hydrogen) atoms. The Morgan fingerprint density at radius 2 is 1.92 bits per heavy atom. The molecule has 0 fully saturated rings. The van der Waals surface area contributed by atoms with E-state index in [1.807, 2.05) is 0 Å². The van der Waals surface area contributed by atoms with E-state index in [4.69, 9.17) is 4.74 Å². The van der Waals surface area contributed by atoms with Crippen LogP contribution >= 0.6 is 0 Å². The summed E-state index contributed by atoms with van der Waals surface area (Å²) in [7, 11) is 1.40. The summed E-state index contributed by atoms with van der Waals surface area (Å²) >= 11 is 0. The average molecular weight is 354 g/mol. The number of methoxy groups -OCH3 is 1. The van der Waals surface area contributed by atoms with Gasteiger partial charge in [0.1, 0.15) is 17.5 Å². The van der Waals surface area contributed by atoms with Crippen LogP contribution in [-0.4, -0.2) is 18.2 Å². The molecular formula is C19H21F3O3. The summed E-state index contributed by atoms with van der Waals surface area (Å²) in [5.41, 5.74) is -1.17. The lowest BCUT2D eigenvalue weighted by Crippen LogP contribution is -2.31. The molecule has 2 rings (SSSR count). The molecule has 0 saturated heterocycles. The second-order valence-corrected chi connectivity index (χ2v) is 6.55. The first-order valence-corrected chi connectivity index (χ1v) is 8.00. The van der Waals surface area contributed by atoms with Crippen molar-refractivity contribution in [1.29, 1.82) is 0 Å². The number of hydrogen-bond acceptors (Lipinski definition) is 2. The number of aliphatic carboxylic acids is 1. The second-order valence-electron chi connectivity index (χ2n) is 6.55. The fourth-order valence-corrected chi connectivity index (χ4v) is 3.21. The highest BCUT2D eigenvalue weighted by Gasteiger charge is 2.40. The molecule has 0 heterocycles. The van der Waals surface area contributed by atoms with Crippen molar-refractivity contribution in [3.63, 3.8) is 0 Å². The third kappa shape index (κ3) is 3.79. The molecule has 1 aromatic rings. The van der Waals surface area contributed by atoms with Gasteiger partial charge in [-0.15, -0.1) is 0 Å². The van der Waals surface area contributed by atoms with E-state index in [-0.39, 0.29) is 18.6 Å². The van der Waals surface area contributed by atoms with Crippen molar-refractivity contribution in [1.82, 2.24) is 0 Å². The quantitative estimate of drug-likeness (QED) is 0.821. The van der Waals surface area contributed by atoms with E-state index in [1.54, 1.807) is 13.8 Å². The van der Waals surface area contributed by atoms with Gasteiger partial charge in [0.15, 0.2) is 0 Å². The van der Waals surface area contributed by atoms with Gasteiger partial charge in [0, 0.05) is 12.7 Å². The molecule has 3 nitrogen and oxygen atoms in total. The number of carboxylic acids is 1. The van der Waals surface area contributed by atoms with E-state index in [0.717, 1.165) is 18.2 Å². The van der Waals surface area contributed by atoms with Crippen LogP contribution in [-0.2, 0) is 16.1 Å². The number of hydrogen-bond donors (Lipinski definition) is 1. The highest BCUT2D eigenvalue weighted by atomic mass is 19.1. The van der Waals surface area contributed by atoms with E-state index in [2.05, 4.69) is 0 Å². The summed E-state index contributed by atoms with van der Waals surface area (Å²) in [4.78, 5) is 11.5. The SMILES string of the molecule is CCC1(C)CC(c2c(F)cc(COC)cc2F)=C(F)C=CC1C(=O)O. The van der Waals surface area contributed by atoms with Crippen LogP contribution in [0.2, 0.25) is 0 Å². The molecule has 0 amide bonds. The zero-order chi connectivity index (χ0) is 18.8. The van der Waals surface area contributed by atoms with Crippen molar-refractivity contribution >= 4 is 11.5 Å². The number of carboxylic acid groups (broad SMARTS) is 1. The summed E-state index contributed by atoms with van der Waals surface area (Å²) in [5, 5.41) is 9.42. The van der Waals surface area contributed by atoms with Crippen molar-refractivity contribution in [3.8, 4) is 0 Å². The van der Waals surface area contributed by atoms with Gasteiger partial charge in [-0.3, -0.25) is 4.79 Å². The molecule has 1 N–H and O–H groups in total. The normalized spacial score (nSPS) is 23.7. The van der Waals surface area contributed by atoms with Crippen LogP contribution in [0.3, 0.4) is 0 Å². The first-order valence-electron chi connectivity index (χ1n) is 8.00. The number of carbonyl (C=O) groups is 1. The Kier molecular flexibility index (Phi) is 5.72. The molecule has 0 bridgehead atoms. The van der Waals surface area contributed by atoms with E-state index >= 15 is 0 Å². The molecule has 0 radical (unpaired) electrons. The topological polar surface area (TPSA) is 46.5 Å². The zero-order valence-corrected chi connectivity index (χ0v) is 14.4. The van der Waals surface area contributed by atoms with Crippen molar-refractivity contribution in [2.24, 2.45) is 11.3 Å². The summed E-state index contributed by atoms with van der Waals surface area (Å²) in [6, 6.07) is 2.21. The number of rotatable bonds is 5. The predicted molar refractivity (Wildman–Crippen MR) is 88.4 cm³/mol. The van der Waals surface area contributed by atoms with Gasteiger partial charge in [0.2, 0.25) is 0 Å². The summed E-state index contributed by atoms with van der Waals surface area (Å²) in [5.74, 6) is -4.64. The first-order chi connectivity index (χ1) is 11.7. The molecule has 0 saturated carbocycles. The van der Waals surface area contributed by atoms with E-state index in [0.29, 0.717) is 12.0 Å². The monoisotopic (exact) mass is 354 g/mol. The molecule has 1 aliphatic rings. The molecule has 2 atom stereocenters. The minimum absolute atomic E-state index is 0.0311. The van der Waals surface area contributed by atoms with Gasteiger partial charge in [-0.2, -0.15) is 0 Å². The van der Waals surface area contributed by atoms with E-state index < -0.39 is 40.3 Å². The smallest absolute Gasteiger partial charge is 0.310 e. The third-order valence-electron chi connectivity index (χ3n) is 4.84. The average Bonchev–Trinajstić information content (AvgIpc) is 2.65. The number of halogens is 3. The molecule has 6 heteroatoms. The molecule has 0 aliphatic heterocycles.